The first-order valence-corrected chi connectivity index (χ1v) is 10.1. The smallest absolute Gasteiger partial charge is 0.387 e. The number of carbonyl (C=O) groups excluding carboxylic acids is 1. The first-order valence-electron chi connectivity index (χ1n) is 8.23. The fraction of sp³-hybridized carbons (Fsp3) is 0.471. The number of ether oxygens (including phenoxy) is 1. The lowest BCUT2D eigenvalue weighted by molar-refractivity contribution is -0.129. The molecule has 1 fully saturated rings. The summed E-state index contributed by atoms with van der Waals surface area (Å²) in [5.74, 6) is -0.308. The second kappa shape index (κ2) is 9.09. The molecule has 1 aliphatic heterocycles. The maximum atomic E-state index is 12.5. The van der Waals surface area contributed by atoms with E-state index in [0.717, 1.165) is 19.1 Å². The predicted octanol–water partition coefficient (Wildman–Crippen LogP) is 2.23. The van der Waals surface area contributed by atoms with Crippen molar-refractivity contribution in [3.8, 4) is 5.75 Å². The van der Waals surface area contributed by atoms with Crippen molar-refractivity contribution >= 4 is 22.0 Å². The largest absolute Gasteiger partial charge is 0.434 e. The topological polar surface area (TPSA) is 75.7 Å². The molecule has 1 unspecified atom stereocenters. The van der Waals surface area contributed by atoms with Crippen molar-refractivity contribution in [1.82, 2.24) is 9.62 Å². The number of nitrogens with one attached hydrogen (secondary N) is 1. The average molecular weight is 388 g/mol. The fourth-order valence-electron chi connectivity index (χ4n) is 2.83. The summed E-state index contributed by atoms with van der Waals surface area (Å²) in [6.45, 7) is -2.27. The summed E-state index contributed by atoms with van der Waals surface area (Å²) in [6.07, 6.45) is 6.24. The molecular weight excluding hydrogens is 366 g/mol. The van der Waals surface area contributed by atoms with Crippen molar-refractivity contribution in [3.63, 3.8) is 0 Å². The molecule has 1 saturated heterocycles. The number of hydrogen-bond donors (Lipinski definition) is 1. The van der Waals surface area contributed by atoms with Gasteiger partial charge in [0.15, 0.2) is 0 Å². The van der Waals surface area contributed by atoms with Gasteiger partial charge in [0.2, 0.25) is 15.9 Å². The summed E-state index contributed by atoms with van der Waals surface area (Å²) in [7, 11) is -3.34. The molecule has 0 bridgehead atoms. The Morgan fingerprint density at radius 2 is 2.12 bits per heavy atom. The summed E-state index contributed by atoms with van der Waals surface area (Å²) < 4.78 is 54.3. The maximum Gasteiger partial charge on any atom is 0.387 e. The average Bonchev–Trinajstić information content (AvgIpc) is 2.58. The minimum atomic E-state index is -3.34. The molecule has 1 N–H and O–H groups in total. The summed E-state index contributed by atoms with van der Waals surface area (Å²) in [4.78, 5) is 14.1. The molecule has 2 rings (SSSR count). The Labute approximate surface area is 151 Å². The van der Waals surface area contributed by atoms with Gasteiger partial charge in [-0.1, -0.05) is 18.2 Å². The third-order valence-corrected chi connectivity index (χ3v) is 4.72. The number of amides is 1. The summed E-state index contributed by atoms with van der Waals surface area (Å²) in [6, 6.07) is 5.95. The van der Waals surface area contributed by atoms with E-state index in [2.05, 4.69) is 9.46 Å². The molecular formula is C17H22F2N2O4S. The van der Waals surface area contributed by atoms with Crippen LogP contribution in [0.25, 0.3) is 6.08 Å². The van der Waals surface area contributed by atoms with Crippen LogP contribution >= 0.6 is 0 Å². The van der Waals surface area contributed by atoms with E-state index in [1.165, 1.54) is 18.2 Å². The van der Waals surface area contributed by atoms with Crippen LogP contribution in [0.15, 0.2) is 30.3 Å². The maximum absolute atomic E-state index is 12.5. The van der Waals surface area contributed by atoms with Gasteiger partial charge in [-0.25, -0.2) is 13.1 Å². The van der Waals surface area contributed by atoms with E-state index in [-0.39, 0.29) is 24.2 Å². The second-order valence-corrected chi connectivity index (χ2v) is 7.88. The van der Waals surface area contributed by atoms with Gasteiger partial charge in [-0.3, -0.25) is 4.79 Å². The number of carbonyl (C=O) groups is 1. The SMILES string of the molecule is CS(=O)(=O)NCC1CCCCN1C(=O)/C=C/c1ccccc1OC(F)F. The molecule has 0 aliphatic carbocycles. The number of piperidine rings is 1. The quantitative estimate of drug-likeness (QED) is 0.727. The number of para-hydroxylation sites is 1. The van der Waals surface area contributed by atoms with Gasteiger partial charge in [0, 0.05) is 30.8 Å². The van der Waals surface area contributed by atoms with Crippen molar-refractivity contribution in [2.24, 2.45) is 0 Å². The molecule has 0 spiro atoms. The molecule has 0 saturated carbocycles. The lowest BCUT2D eigenvalue weighted by atomic mass is 10.0. The highest BCUT2D eigenvalue weighted by molar-refractivity contribution is 7.88. The molecule has 1 amide bonds. The molecule has 1 heterocycles. The Morgan fingerprint density at radius 3 is 2.81 bits per heavy atom. The second-order valence-electron chi connectivity index (χ2n) is 6.05. The first kappa shape index (κ1) is 20.3. The van der Waals surface area contributed by atoms with Crippen LogP contribution in [0.3, 0.4) is 0 Å². The predicted molar refractivity (Wildman–Crippen MR) is 94.3 cm³/mol. The Balaban J connectivity index is 2.08. The minimum absolute atomic E-state index is 0.0134. The highest BCUT2D eigenvalue weighted by atomic mass is 32.2. The molecule has 6 nitrogen and oxygen atoms in total. The van der Waals surface area contributed by atoms with E-state index in [1.54, 1.807) is 23.1 Å². The Morgan fingerprint density at radius 1 is 1.38 bits per heavy atom. The standard InChI is InChI=1S/C17H22F2N2O4S/c1-26(23,24)20-12-14-7-4-5-11-21(14)16(22)10-9-13-6-2-3-8-15(13)25-17(18)19/h2-3,6,8-10,14,17,20H,4-5,7,11-12H2,1H3/b10-9+. The third-order valence-electron chi connectivity index (χ3n) is 4.03. The van der Waals surface area contributed by atoms with E-state index in [4.69, 9.17) is 0 Å². The highest BCUT2D eigenvalue weighted by Gasteiger charge is 2.26. The molecule has 0 aromatic heterocycles. The van der Waals surface area contributed by atoms with Crippen LogP contribution in [0.2, 0.25) is 0 Å². The number of likely N-dealkylation sites (tertiary alicyclic amines) is 1. The van der Waals surface area contributed by atoms with Crippen molar-refractivity contribution in [1.29, 1.82) is 0 Å². The Bertz CT molecular complexity index is 753. The lowest BCUT2D eigenvalue weighted by Gasteiger charge is -2.35. The first-order chi connectivity index (χ1) is 12.3. The van der Waals surface area contributed by atoms with Crippen LogP contribution in [-0.2, 0) is 14.8 Å². The van der Waals surface area contributed by atoms with Gasteiger partial charge in [0.05, 0.1) is 6.26 Å². The normalized spacial score (nSPS) is 18.5. The highest BCUT2D eigenvalue weighted by Crippen LogP contribution is 2.22. The van der Waals surface area contributed by atoms with Crippen LogP contribution in [0.5, 0.6) is 5.75 Å². The number of nitrogens with zero attached hydrogens (tertiary/aromatic N) is 1. The summed E-state index contributed by atoms with van der Waals surface area (Å²) in [5, 5.41) is 0. The Kier molecular flexibility index (Phi) is 7.10. The van der Waals surface area contributed by atoms with Crippen LogP contribution in [0.1, 0.15) is 24.8 Å². The van der Waals surface area contributed by atoms with E-state index in [9.17, 15) is 22.0 Å². The van der Waals surface area contributed by atoms with Gasteiger partial charge in [-0.05, 0) is 31.4 Å². The zero-order valence-corrected chi connectivity index (χ0v) is 15.2. The Hall–Kier alpha value is -2.00. The molecule has 1 atom stereocenters. The lowest BCUT2D eigenvalue weighted by Crippen LogP contribution is -2.48. The molecule has 1 aromatic rings. The van der Waals surface area contributed by atoms with Crippen LogP contribution < -0.4 is 9.46 Å². The van der Waals surface area contributed by atoms with Gasteiger partial charge in [0.25, 0.3) is 0 Å². The van der Waals surface area contributed by atoms with Gasteiger partial charge >= 0.3 is 6.61 Å². The number of benzene rings is 1. The molecule has 0 radical (unpaired) electrons. The fourth-order valence-corrected chi connectivity index (χ4v) is 3.32. The molecule has 144 valence electrons. The van der Waals surface area contributed by atoms with Crippen molar-refractivity contribution in [2.75, 3.05) is 19.3 Å². The van der Waals surface area contributed by atoms with Gasteiger partial charge < -0.3 is 9.64 Å². The van der Waals surface area contributed by atoms with E-state index < -0.39 is 16.6 Å². The van der Waals surface area contributed by atoms with Gasteiger partial charge in [-0.2, -0.15) is 8.78 Å². The molecule has 9 heteroatoms. The number of rotatable bonds is 7. The summed E-state index contributed by atoms with van der Waals surface area (Å²) >= 11 is 0. The van der Waals surface area contributed by atoms with E-state index in [1.807, 2.05) is 0 Å². The van der Waals surface area contributed by atoms with Gasteiger partial charge in [0.1, 0.15) is 5.75 Å². The van der Waals surface area contributed by atoms with Crippen LogP contribution in [0, 0.1) is 0 Å². The molecule has 1 aliphatic rings. The van der Waals surface area contributed by atoms with Crippen molar-refractivity contribution in [2.45, 2.75) is 31.9 Å². The van der Waals surface area contributed by atoms with E-state index >= 15 is 0 Å². The minimum Gasteiger partial charge on any atom is -0.434 e. The van der Waals surface area contributed by atoms with Gasteiger partial charge in [-0.15, -0.1) is 0 Å². The van der Waals surface area contributed by atoms with Crippen LogP contribution in [-0.4, -0.2) is 51.2 Å². The number of alkyl halides is 2. The monoisotopic (exact) mass is 388 g/mol. The van der Waals surface area contributed by atoms with Crippen LogP contribution in [0.4, 0.5) is 8.78 Å². The molecule has 1 aromatic carbocycles. The van der Waals surface area contributed by atoms with Crippen molar-refractivity contribution in [3.05, 3.63) is 35.9 Å². The van der Waals surface area contributed by atoms with Crippen molar-refractivity contribution < 1.29 is 26.7 Å². The zero-order chi connectivity index (χ0) is 19.2. The number of halogens is 2. The summed E-state index contributed by atoms with van der Waals surface area (Å²) in [5.41, 5.74) is 0.365. The van der Waals surface area contributed by atoms with E-state index in [0.29, 0.717) is 18.5 Å². The zero-order valence-electron chi connectivity index (χ0n) is 14.4. The number of sulfonamides is 1. The number of hydrogen-bond acceptors (Lipinski definition) is 4. The third kappa shape index (κ3) is 6.38. The molecule has 26 heavy (non-hydrogen) atoms.